The molecule has 2 aromatic rings. The van der Waals surface area contributed by atoms with E-state index in [-0.39, 0.29) is 0 Å². The highest BCUT2D eigenvalue weighted by molar-refractivity contribution is 5.88. The Bertz CT molecular complexity index is 515. The Morgan fingerprint density at radius 3 is 3.07 bits per heavy atom. The first-order chi connectivity index (χ1) is 6.86. The number of allylic oxidation sites excluding steroid dienone is 1. The van der Waals surface area contributed by atoms with Crippen molar-refractivity contribution in [3.63, 3.8) is 0 Å². The molecule has 0 amide bonds. The van der Waals surface area contributed by atoms with Gasteiger partial charge in [0.15, 0.2) is 0 Å². The predicted molar refractivity (Wildman–Crippen MR) is 56.9 cm³/mol. The van der Waals surface area contributed by atoms with E-state index in [0.717, 1.165) is 17.3 Å². The van der Waals surface area contributed by atoms with Crippen LogP contribution >= 0.6 is 0 Å². The smallest absolute Gasteiger partial charge is 0.101 e. The van der Waals surface area contributed by atoms with E-state index >= 15 is 0 Å². The third kappa shape index (κ3) is 1.20. The molecular formula is C12H10N2. The summed E-state index contributed by atoms with van der Waals surface area (Å²) in [6, 6.07) is 7.91. The van der Waals surface area contributed by atoms with E-state index in [1.807, 2.05) is 30.5 Å². The lowest BCUT2D eigenvalue weighted by atomic mass is 10.1. The third-order valence-corrected chi connectivity index (χ3v) is 2.29. The van der Waals surface area contributed by atoms with Crippen LogP contribution in [0.2, 0.25) is 0 Å². The van der Waals surface area contributed by atoms with Crippen LogP contribution in [-0.2, 0) is 6.42 Å². The summed E-state index contributed by atoms with van der Waals surface area (Å²) in [7, 11) is 0. The highest BCUT2D eigenvalue weighted by Gasteiger charge is 2.04. The van der Waals surface area contributed by atoms with Gasteiger partial charge in [-0.05, 0) is 18.1 Å². The van der Waals surface area contributed by atoms with E-state index in [2.05, 4.69) is 17.6 Å². The van der Waals surface area contributed by atoms with Crippen LogP contribution in [0.15, 0.2) is 37.1 Å². The van der Waals surface area contributed by atoms with E-state index in [0.29, 0.717) is 5.56 Å². The van der Waals surface area contributed by atoms with Gasteiger partial charge in [0.05, 0.1) is 11.1 Å². The minimum Gasteiger partial charge on any atom is -0.360 e. The molecule has 0 bridgehead atoms. The average molecular weight is 182 g/mol. The molecule has 0 aliphatic carbocycles. The highest BCUT2D eigenvalue weighted by atomic mass is 14.7. The number of nitrogens with zero attached hydrogens (tertiary/aromatic N) is 1. The Hall–Kier alpha value is -2.01. The van der Waals surface area contributed by atoms with Gasteiger partial charge in [-0.3, -0.25) is 0 Å². The van der Waals surface area contributed by atoms with E-state index in [1.54, 1.807) is 0 Å². The molecule has 1 aromatic heterocycles. The number of hydrogen-bond acceptors (Lipinski definition) is 1. The SMILES string of the molecule is C=CCc1c[nH]c2c(C#N)cccc12. The largest absolute Gasteiger partial charge is 0.360 e. The standard InChI is InChI=1S/C12H10N2/c1-2-4-10-8-14-12-9(7-13)5-3-6-11(10)12/h2-3,5-6,8,14H,1,4H2. The number of fused-ring (bicyclic) bond motifs is 1. The van der Waals surface area contributed by atoms with E-state index in [1.165, 1.54) is 5.56 Å². The molecule has 2 nitrogen and oxygen atoms in total. The average Bonchev–Trinajstić information content (AvgIpc) is 2.62. The minimum absolute atomic E-state index is 0.692. The summed E-state index contributed by atoms with van der Waals surface area (Å²) in [6.07, 6.45) is 4.63. The number of hydrogen-bond donors (Lipinski definition) is 1. The van der Waals surface area contributed by atoms with Gasteiger partial charge in [-0.1, -0.05) is 18.2 Å². The molecule has 0 saturated carbocycles. The summed E-state index contributed by atoms with van der Waals surface area (Å²) < 4.78 is 0. The quantitative estimate of drug-likeness (QED) is 0.712. The van der Waals surface area contributed by atoms with Crippen molar-refractivity contribution in [2.75, 3.05) is 0 Å². The first kappa shape index (κ1) is 8.58. The van der Waals surface area contributed by atoms with Gasteiger partial charge in [-0.15, -0.1) is 6.58 Å². The molecule has 0 fully saturated rings. The Balaban J connectivity index is 2.70. The third-order valence-electron chi connectivity index (χ3n) is 2.29. The van der Waals surface area contributed by atoms with Crippen LogP contribution in [0.5, 0.6) is 0 Å². The molecule has 1 aromatic carbocycles. The monoisotopic (exact) mass is 182 g/mol. The Kier molecular flexibility index (Phi) is 2.08. The second-order valence-corrected chi connectivity index (χ2v) is 3.15. The second kappa shape index (κ2) is 3.39. The first-order valence-electron chi connectivity index (χ1n) is 4.47. The normalized spacial score (nSPS) is 9.93. The zero-order valence-corrected chi connectivity index (χ0v) is 7.75. The number of rotatable bonds is 2. The highest BCUT2D eigenvalue weighted by Crippen LogP contribution is 2.21. The van der Waals surface area contributed by atoms with Crippen molar-refractivity contribution in [2.45, 2.75) is 6.42 Å². The summed E-state index contributed by atoms with van der Waals surface area (Å²) >= 11 is 0. The number of H-pyrrole nitrogens is 1. The Morgan fingerprint density at radius 2 is 2.36 bits per heavy atom. The lowest BCUT2D eigenvalue weighted by Crippen LogP contribution is -1.79. The summed E-state index contributed by atoms with van der Waals surface area (Å²) in [4.78, 5) is 3.12. The lowest BCUT2D eigenvalue weighted by molar-refractivity contribution is 1.29. The predicted octanol–water partition coefficient (Wildman–Crippen LogP) is 2.77. The fourth-order valence-electron chi connectivity index (χ4n) is 1.63. The number of aromatic amines is 1. The summed E-state index contributed by atoms with van der Waals surface area (Å²) in [5.74, 6) is 0. The fraction of sp³-hybridized carbons (Fsp3) is 0.0833. The maximum atomic E-state index is 8.88. The molecule has 0 aliphatic heterocycles. The molecule has 0 spiro atoms. The van der Waals surface area contributed by atoms with Crippen LogP contribution in [0.1, 0.15) is 11.1 Å². The number of aromatic nitrogens is 1. The van der Waals surface area contributed by atoms with Crippen LogP contribution < -0.4 is 0 Å². The summed E-state index contributed by atoms with van der Waals surface area (Å²) in [5, 5.41) is 10.00. The van der Waals surface area contributed by atoms with Crippen molar-refractivity contribution in [3.05, 3.63) is 48.2 Å². The molecule has 1 N–H and O–H groups in total. The van der Waals surface area contributed by atoms with Crippen LogP contribution in [0.4, 0.5) is 0 Å². The van der Waals surface area contributed by atoms with Crippen molar-refractivity contribution in [2.24, 2.45) is 0 Å². The fourth-order valence-corrected chi connectivity index (χ4v) is 1.63. The molecule has 0 unspecified atom stereocenters. The van der Waals surface area contributed by atoms with Crippen LogP contribution in [-0.4, -0.2) is 4.98 Å². The van der Waals surface area contributed by atoms with Gasteiger partial charge in [0, 0.05) is 11.6 Å². The van der Waals surface area contributed by atoms with Gasteiger partial charge in [-0.2, -0.15) is 5.26 Å². The molecule has 68 valence electrons. The van der Waals surface area contributed by atoms with E-state index < -0.39 is 0 Å². The maximum absolute atomic E-state index is 8.88. The van der Waals surface area contributed by atoms with Crippen LogP contribution in [0.25, 0.3) is 10.9 Å². The number of para-hydroxylation sites is 1. The van der Waals surface area contributed by atoms with Gasteiger partial charge in [0.2, 0.25) is 0 Å². The molecule has 2 rings (SSSR count). The van der Waals surface area contributed by atoms with E-state index in [9.17, 15) is 0 Å². The lowest BCUT2D eigenvalue weighted by Gasteiger charge is -1.94. The Labute approximate surface area is 82.5 Å². The van der Waals surface area contributed by atoms with Gasteiger partial charge < -0.3 is 4.98 Å². The molecule has 0 atom stereocenters. The van der Waals surface area contributed by atoms with Gasteiger partial charge >= 0.3 is 0 Å². The van der Waals surface area contributed by atoms with Gasteiger partial charge in [0.25, 0.3) is 0 Å². The van der Waals surface area contributed by atoms with Crippen molar-refractivity contribution in [3.8, 4) is 6.07 Å². The number of benzene rings is 1. The second-order valence-electron chi connectivity index (χ2n) is 3.15. The molecule has 14 heavy (non-hydrogen) atoms. The molecular weight excluding hydrogens is 172 g/mol. The molecule has 2 heteroatoms. The first-order valence-corrected chi connectivity index (χ1v) is 4.47. The van der Waals surface area contributed by atoms with Gasteiger partial charge in [0.1, 0.15) is 6.07 Å². The zero-order chi connectivity index (χ0) is 9.97. The molecule has 0 aliphatic rings. The van der Waals surface area contributed by atoms with E-state index in [4.69, 9.17) is 5.26 Å². The Morgan fingerprint density at radius 1 is 1.50 bits per heavy atom. The maximum Gasteiger partial charge on any atom is 0.101 e. The minimum atomic E-state index is 0.692. The van der Waals surface area contributed by atoms with Crippen molar-refractivity contribution >= 4 is 10.9 Å². The molecule has 0 radical (unpaired) electrons. The van der Waals surface area contributed by atoms with Gasteiger partial charge in [-0.25, -0.2) is 0 Å². The van der Waals surface area contributed by atoms with Crippen LogP contribution in [0, 0.1) is 11.3 Å². The van der Waals surface area contributed by atoms with Crippen molar-refractivity contribution < 1.29 is 0 Å². The topological polar surface area (TPSA) is 39.6 Å². The molecule has 1 heterocycles. The summed E-state index contributed by atoms with van der Waals surface area (Å²) in [6.45, 7) is 3.71. The van der Waals surface area contributed by atoms with Crippen molar-refractivity contribution in [1.82, 2.24) is 4.98 Å². The number of nitrogens with one attached hydrogen (secondary N) is 1. The zero-order valence-electron chi connectivity index (χ0n) is 7.75. The van der Waals surface area contributed by atoms with Crippen LogP contribution in [0.3, 0.4) is 0 Å². The summed E-state index contributed by atoms with van der Waals surface area (Å²) in [5.41, 5.74) is 2.80. The van der Waals surface area contributed by atoms with Crippen molar-refractivity contribution in [1.29, 1.82) is 5.26 Å². The molecule has 0 saturated heterocycles. The number of nitriles is 1.